The first-order valence-electron chi connectivity index (χ1n) is 9.10. The molecule has 0 unspecified atom stereocenters. The molecule has 26 heavy (non-hydrogen) atoms. The van der Waals surface area contributed by atoms with Crippen molar-refractivity contribution in [3.63, 3.8) is 0 Å². The van der Waals surface area contributed by atoms with E-state index in [1.165, 1.54) is 6.07 Å². The maximum Gasteiger partial charge on any atom is 0.263 e. The van der Waals surface area contributed by atoms with Crippen molar-refractivity contribution in [3.8, 4) is 5.75 Å². The van der Waals surface area contributed by atoms with Gasteiger partial charge in [-0.25, -0.2) is 4.39 Å². The van der Waals surface area contributed by atoms with E-state index in [0.717, 1.165) is 11.3 Å². The number of amides is 1. The van der Waals surface area contributed by atoms with Crippen LogP contribution < -0.4 is 9.64 Å². The van der Waals surface area contributed by atoms with Gasteiger partial charge in [0.25, 0.3) is 5.91 Å². The lowest BCUT2D eigenvalue weighted by Gasteiger charge is -2.37. The van der Waals surface area contributed by atoms with E-state index in [9.17, 15) is 9.18 Å². The van der Waals surface area contributed by atoms with Gasteiger partial charge in [0.15, 0.2) is 6.10 Å². The number of aryl methyl sites for hydroxylation is 1. The Morgan fingerprint density at radius 2 is 1.85 bits per heavy atom. The van der Waals surface area contributed by atoms with Crippen molar-refractivity contribution < 1.29 is 13.9 Å². The highest BCUT2D eigenvalue weighted by Gasteiger charge is 2.28. The molecule has 0 aliphatic carbocycles. The molecule has 0 saturated carbocycles. The van der Waals surface area contributed by atoms with Gasteiger partial charge in [-0.1, -0.05) is 31.2 Å². The number of nitrogens with zero attached hydrogens (tertiary/aromatic N) is 2. The Kier molecular flexibility index (Phi) is 5.76. The van der Waals surface area contributed by atoms with Gasteiger partial charge in [-0.2, -0.15) is 0 Å². The molecule has 1 amide bonds. The smallest absolute Gasteiger partial charge is 0.263 e. The largest absolute Gasteiger partial charge is 0.481 e. The Labute approximate surface area is 154 Å². The molecule has 1 atom stereocenters. The number of benzene rings is 2. The maximum atomic E-state index is 13.9. The third-order valence-electron chi connectivity index (χ3n) is 4.70. The van der Waals surface area contributed by atoms with Crippen molar-refractivity contribution in [2.24, 2.45) is 0 Å². The van der Waals surface area contributed by atoms with Crippen LogP contribution in [0.25, 0.3) is 0 Å². The fourth-order valence-electron chi connectivity index (χ4n) is 3.24. The molecule has 1 aliphatic rings. The first-order valence-corrected chi connectivity index (χ1v) is 9.10. The molecular weight excluding hydrogens is 331 g/mol. The van der Waals surface area contributed by atoms with Crippen LogP contribution in [0.15, 0.2) is 48.5 Å². The molecule has 3 rings (SSSR count). The van der Waals surface area contributed by atoms with Crippen LogP contribution in [0.2, 0.25) is 0 Å². The van der Waals surface area contributed by atoms with Crippen LogP contribution in [0.5, 0.6) is 5.75 Å². The van der Waals surface area contributed by atoms with Crippen LogP contribution in [-0.2, 0) is 4.79 Å². The van der Waals surface area contributed by atoms with Crippen LogP contribution in [0.4, 0.5) is 10.1 Å². The van der Waals surface area contributed by atoms with Gasteiger partial charge in [0.2, 0.25) is 0 Å². The highest BCUT2D eigenvalue weighted by atomic mass is 19.1. The monoisotopic (exact) mass is 356 g/mol. The van der Waals surface area contributed by atoms with Gasteiger partial charge in [-0.15, -0.1) is 0 Å². The summed E-state index contributed by atoms with van der Waals surface area (Å²) >= 11 is 0. The summed E-state index contributed by atoms with van der Waals surface area (Å²) in [7, 11) is 0. The molecule has 0 N–H and O–H groups in total. The maximum absolute atomic E-state index is 13.9. The van der Waals surface area contributed by atoms with Gasteiger partial charge in [0, 0.05) is 26.2 Å². The average molecular weight is 356 g/mol. The molecule has 0 spiro atoms. The van der Waals surface area contributed by atoms with Crippen molar-refractivity contribution >= 4 is 11.6 Å². The van der Waals surface area contributed by atoms with Gasteiger partial charge in [-0.05, 0) is 43.2 Å². The van der Waals surface area contributed by atoms with Crippen LogP contribution in [0, 0.1) is 12.7 Å². The Bertz CT molecular complexity index is 757. The SMILES string of the molecule is CC[C@H](Oc1cccc(C)c1)C(=O)N1CCN(c2ccccc2F)CC1. The van der Waals surface area contributed by atoms with E-state index in [4.69, 9.17) is 4.74 Å². The fraction of sp³-hybridized carbons (Fsp3) is 0.381. The molecule has 1 saturated heterocycles. The van der Waals surface area contributed by atoms with Crippen molar-refractivity contribution in [2.45, 2.75) is 26.4 Å². The second kappa shape index (κ2) is 8.21. The van der Waals surface area contributed by atoms with E-state index >= 15 is 0 Å². The summed E-state index contributed by atoms with van der Waals surface area (Å²) in [5.74, 6) is 0.499. The molecule has 2 aromatic rings. The molecule has 0 aromatic heterocycles. The number of anilines is 1. The summed E-state index contributed by atoms with van der Waals surface area (Å²) in [6, 6.07) is 14.5. The normalized spacial score (nSPS) is 15.7. The number of piperazine rings is 1. The standard InChI is InChI=1S/C21H25FN2O2/c1-3-20(26-17-8-6-7-16(2)15-17)21(25)24-13-11-23(12-14-24)19-10-5-4-9-18(19)22/h4-10,15,20H,3,11-14H2,1-2H3/t20-/m0/s1. The summed E-state index contributed by atoms with van der Waals surface area (Å²) in [6.07, 6.45) is 0.122. The lowest BCUT2D eigenvalue weighted by Crippen LogP contribution is -2.52. The third-order valence-corrected chi connectivity index (χ3v) is 4.70. The summed E-state index contributed by atoms with van der Waals surface area (Å²) in [5.41, 5.74) is 1.70. The van der Waals surface area contributed by atoms with E-state index in [1.807, 2.05) is 54.0 Å². The zero-order chi connectivity index (χ0) is 18.5. The molecule has 2 aromatic carbocycles. The number of rotatable bonds is 5. The topological polar surface area (TPSA) is 32.8 Å². The Morgan fingerprint density at radius 1 is 1.12 bits per heavy atom. The zero-order valence-corrected chi connectivity index (χ0v) is 15.3. The van der Waals surface area contributed by atoms with Crippen LogP contribution in [0.3, 0.4) is 0 Å². The second-order valence-corrected chi connectivity index (χ2v) is 6.59. The van der Waals surface area contributed by atoms with Gasteiger partial charge >= 0.3 is 0 Å². The average Bonchev–Trinajstić information content (AvgIpc) is 2.66. The number of carbonyl (C=O) groups excluding carboxylic acids is 1. The molecule has 4 nitrogen and oxygen atoms in total. The molecular formula is C21H25FN2O2. The van der Waals surface area contributed by atoms with E-state index in [-0.39, 0.29) is 11.7 Å². The number of hydrogen-bond donors (Lipinski definition) is 0. The van der Waals surface area contributed by atoms with Gasteiger partial charge in [0.05, 0.1) is 5.69 Å². The van der Waals surface area contributed by atoms with E-state index in [1.54, 1.807) is 12.1 Å². The Morgan fingerprint density at radius 3 is 2.50 bits per heavy atom. The Hall–Kier alpha value is -2.56. The molecule has 1 fully saturated rings. The minimum atomic E-state index is -0.489. The van der Waals surface area contributed by atoms with Crippen molar-refractivity contribution in [1.29, 1.82) is 0 Å². The van der Waals surface area contributed by atoms with E-state index in [0.29, 0.717) is 38.3 Å². The van der Waals surface area contributed by atoms with Crippen molar-refractivity contribution in [2.75, 3.05) is 31.1 Å². The molecule has 138 valence electrons. The highest BCUT2D eigenvalue weighted by Crippen LogP contribution is 2.21. The highest BCUT2D eigenvalue weighted by molar-refractivity contribution is 5.81. The minimum absolute atomic E-state index is 0.00203. The van der Waals surface area contributed by atoms with Crippen molar-refractivity contribution in [1.82, 2.24) is 4.90 Å². The summed E-state index contributed by atoms with van der Waals surface area (Å²) in [5, 5.41) is 0. The minimum Gasteiger partial charge on any atom is -0.481 e. The lowest BCUT2D eigenvalue weighted by atomic mass is 10.2. The second-order valence-electron chi connectivity index (χ2n) is 6.59. The zero-order valence-electron chi connectivity index (χ0n) is 15.3. The first kappa shape index (κ1) is 18.2. The Balaban J connectivity index is 1.60. The number of hydrogen-bond acceptors (Lipinski definition) is 3. The lowest BCUT2D eigenvalue weighted by molar-refractivity contribution is -0.139. The fourth-order valence-corrected chi connectivity index (χ4v) is 3.24. The summed E-state index contributed by atoms with van der Waals surface area (Å²) in [6.45, 7) is 6.33. The molecule has 0 radical (unpaired) electrons. The van der Waals surface area contributed by atoms with Crippen molar-refractivity contribution in [3.05, 3.63) is 59.9 Å². The van der Waals surface area contributed by atoms with E-state index in [2.05, 4.69) is 0 Å². The molecule has 0 bridgehead atoms. The molecule has 1 heterocycles. The van der Waals surface area contributed by atoms with Crippen LogP contribution in [0.1, 0.15) is 18.9 Å². The number of carbonyl (C=O) groups is 1. The van der Waals surface area contributed by atoms with Crippen LogP contribution >= 0.6 is 0 Å². The summed E-state index contributed by atoms with van der Waals surface area (Å²) < 4.78 is 19.9. The third kappa shape index (κ3) is 4.15. The van der Waals surface area contributed by atoms with Gasteiger partial charge in [-0.3, -0.25) is 4.79 Å². The molecule has 5 heteroatoms. The molecule has 1 aliphatic heterocycles. The predicted octanol–water partition coefficient (Wildman–Crippen LogP) is 3.64. The number of halogens is 1. The first-order chi connectivity index (χ1) is 12.6. The predicted molar refractivity (Wildman–Crippen MR) is 101 cm³/mol. The van der Waals surface area contributed by atoms with Crippen LogP contribution in [-0.4, -0.2) is 43.1 Å². The summed E-state index contributed by atoms with van der Waals surface area (Å²) in [4.78, 5) is 16.6. The van der Waals surface area contributed by atoms with Gasteiger partial charge < -0.3 is 14.5 Å². The number of para-hydroxylation sites is 1. The van der Waals surface area contributed by atoms with E-state index < -0.39 is 6.10 Å². The van der Waals surface area contributed by atoms with Gasteiger partial charge in [0.1, 0.15) is 11.6 Å². The number of ether oxygens (including phenoxy) is 1. The quantitative estimate of drug-likeness (QED) is 0.820.